The number of rotatable bonds is 1. The Morgan fingerprint density at radius 1 is 1.40 bits per heavy atom. The summed E-state index contributed by atoms with van der Waals surface area (Å²) in [7, 11) is 0. The van der Waals surface area contributed by atoms with Crippen molar-refractivity contribution in [3.8, 4) is 0 Å². The predicted octanol–water partition coefficient (Wildman–Crippen LogP) is 2.68. The molecule has 0 aliphatic rings. The summed E-state index contributed by atoms with van der Waals surface area (Å²) in [6, 6.07) is 4.46. The van der Waals surface area contributed by atoms with Crippen LogP contribution in [0.1, 0.15) is 10.4 Å². The summed E-state index contributed by atoms with van der Waals surface area (Å²) in [5.74, 6) is -1.50. The number of hydrogen-bond donors (Lipinski definition) is 1. The van der Waals surface area contributed by atoms with E-state index in [-0.39, 0.29) is 11.1 Å². The molecule has 1 N–H and O–H groups in total. The van der Waals surface area contributed by atoms with E-state index in [1.165, 1.54) is 12.1 Å². The number of hydrogen-bond acceptors (Lipinski definition) is 2. The summed E-state index contributed by atoms with van der Waals surface area (Å²) in [5, 5.41) is 9.25. The Bertz CT molecular complexity index is 556. The highest BCUT2D eigenvalue weighted by atomic mass is 127. The van der Waals surface area contributed by atoms with E-state index in [2.05, 4.69) is 4.98 Å². The molecule has 0 aliphatic heterocycles. The number of halogens is 2. The van der Waals surface area contributed by atoms with Crippen molar-refractivity contribution in [2.45, 2.75) is 0 Å². The van der Waals surface area contributed by atoms with Gasteiger partial charge in [-0.3, -0.25) is 4.98 Å². The maximum atomic E-state index is 13.4. The molecule has 0 saturated heterocycles. The van der Waals surface area contributed by atoms with Gasteiger partial charge in [0.1, 0.15) is 11.3 Å². The lowest BCUT2D eigenvalue weighted by molar-refractivity contribution is 0.0696. The van der Waals surface area contributed by atoms with Gasteiger partial charge in [0.25, 0.3) is 0 Å². The molecule has 5 heteroatoms. The van der Waals surface area contributed by atoms with Crippen LogP contribution in [0.3, 0.4) is 0 Å². The van der Waals surface area contributed by atoms with Gasteiger partial charge in [-0.05, 0) is 40.8 Å². The van der Waals surface area contributed by atoms with Crippen molar-refractivity contribution in [2.24, 2.45) is 0 Å². The van der Waals surface area contributed by atoms with Gasteiger partial charge in [0.2, 0.25) is 0 Å². The van der Waals surface area contributed by atoms with Crippen LogP contribution >= 0.6 is 22.6 Å². The van der Waals surface area contributed by atoms with Gasteiger partial charge in [0.05, 0.1) is 5.56 Å². The van der Waals surface area contributed by atoms with Crippen LogP contribution in [0.4, 0.5) is 4.39 Å². The zero-order chi connectivity index (χ0) is 11.0. The van der Waals surface area contributed by atoms with Gasteiger partial charge >= 0.3 is 5.97 Å². The van der Waals surface area contributed by atoms with E-state index in [0.717, 1.165) is 6.20 Å². The number of pyridine rings is 1. The van der Waals surface area contributed by atoms with Crippen LogP contribution in [0, 0.1) is 9.39 Å². The van der Waals surface area contributed by atoms with Crippen molar-refractivity contribution in [3.05, 3.63) is 39.3 Å². The Labute approximate surface area is 98.1 Å². The largest absolute Gasteiger partial charge is 0.478 e. The number of carbonyl (C=O) groups is 1. The Hall–Kier alpha value is -1.24. The fourth-order valence-corrected chi connectivity index (χ4v) is 1.90. The lowest BCUT2D eigenvalue weighted by atomic mass is 10.1. The summed E-state index contributed by atoms with van der Waals surface area (Å²) in [4.78, 5) is 14.5. The van der Waals surface area contributed by atoms with Crippen LogP contribution in [-0.4, -0.2) is 16.1 Å². The Balaban J connectivity index is 2.76. The highest BCUT2D eigenvalue weighted by molar-refractivity contribution is 14.1. The van der Waals surface area contributed by atoms with E-state index < -0.39 is 11.8 Å². The van der Waals surface area contributed by atoms with Crippen LogP contribution in [0.25, 0.3) is 10.9 Å². The molecule has 2 aromatic rings. The van der Waals surface area contributed by atoms with Crippen LogP contribution in [0.5, 0.6) is 0 Å². The number of benzene rings is 1. The molecule has 1 aromatic carbocycles. The summed E-state index contributed by atoms with van der Waals surface area (Å²) in [6.45, 7) is 0. The number of aromatic nitrogens is 1. The lowest BCUT2D eigenvalue weighted by Crippen LogP contribution is -1.98. The molecule has 76 valence electrons. The van der Waals surface area contributed by atoms with Crippen molar-refractivity contribution in [2.75, 3.05) is 0 Å². The number of carboxylic acids is 1. The van der Waals surface area contributed by atoms with Crippen molar-refractivity contribution in [1.82, 2.24) is 4.98 Å². The molecule has 3 nitrogen and oxygen atoms in total. The quantitative estimate of drug-likeness (QED) is 0.823. The maximum Gasteiger partial charge on any atom is 0.337 e. The Kier molecular flexibility index (Phi) is 2.56. The summed E-state index contributed by atoms with van der Waals surface area (Å²) < 4.78 is 14.1. The lowest BCUT2D eigenvalue weighted by Gasteiger charge is -2.01. The molecule has 2 rings (SSSR count). The van der Waals surface area contributed by atoms with Gasteiger partial charge < -0.3 is 5.11 Å². The molecule has 0 bridgehead atoms. The predicted molar refractivity (Wildman–Crippen MR) is 61.4 cm³/mol. The third-order valence-corrected chi connectivity index (χ3v) is 2.57. The summed E-state index contributed by atoms with van der Waals surface area (Å²) in [6.07, 6.45) is 1.15. The molecule has 1 heterocycles. The Morgan fingerprint density at radius 2 is 2.13 bits per heavy atom. The number of carboxylic acid groups (broad SMARTS) is 1. The first-order chi connectivity index (χ1) is 7.08. The van der Waals surface area contributed by atoms with Crippen molar-refractivity contribution in [3.63, 3.8) is 0 Å². The maximum absolute atomic E-state index is 13.4. The molecule has 0 unspecified atom stereocenters. The van der Waals surface area contributed by atoms with Gasteiger partial charge in [-0.15, -0.1) is 0 Å². The summed E-state index contributed by atoms with van der Waals surface area (Å²) >= 11 is 1.97. The molecule has 0 saturated carbocycles. The molecule has 0 radical (unpaired) electrons. The standard InChI is InChI=1S/C10H5FINO2/c11-8-3-7(12)2-5-1-6(10(14)15)4-13-9(5)8/h1-4H,(H,14,15). The van der Waals surface area contributed by atoms with Gasteiger partial charge in [-0.1, -0.05) is 0 Å². The van der Waals surface area contributed by atoms with Crippen molar-refractivity contribution >= 4 is 39.5 Å². The van der Waals surface area contributed by atoms with Crippen molar-refractivity contribution < 1.29 is 14.3 Å². The third-order valence-electron chi connectivity index (χ3n) is 1.95. The SMILES string of the molecule is O=C(O)c1cnc2c(F)cc(I)cc2c1. The average Bonchev–Trinajstić information content (AvgIpc) is 2.16. The zero-order valence-corrected chi connectivity index (χ0v) is 9.53. The number of aromatic carboxylic acids is 1. The van der Waals surface area contributed by atoms with E-state index in [4.69, 9.17) is 5.11 Å². The van der Waals surface area contributed by atoms with E-state index in [1.807, 2.05) is 22.6 Å². The normalized spacial score (nSPS) is 10.5. The first kappa shape index (κ1) is 10.3. The first-order valence-corrected chi connectivity index (χ1v) is 5.14. The molecule has 0 fully saturated rings. The van der Waals surface area contributed by atoms with Gasteiger partial charge in [0, 0.05) is 15.2 Å². The van der Waals surface area contributed by atoms with E-state index >= 15 is 0 Å². The van der Waals surface area contributed by atoms with Gasteiger partial charge in [-0.25, -0.2) is 9.18 Å². The number of nitrogens with zero attached hydrogens (tertiary/aromatic N) is 1. The molecule has 1 aromatic heterocycles. The second kappa shape index (κ2) is 3.73. The molecular formula is C10H5FINO2. The molecule has 0 amide bonds. The van der Waals surface area contributed by atoms with Crippen molar-refractivity contribution in [1.29, 1.82) is 0 Å². The zero-order valence-electron chi connectivity index (χ0n) is 7.37. The third kappa shape index (κ3) is 1.92. The van der Waals surface area contributed by atoms with Gasteiger partial charge in [0.15, 0.2) is 0 Å². The molecule has 15 heavy (non-hydrogen) atoms. The van der Waals surface area contributed by atoms with Crippen LogP contribution in [0.2, 0.25) is 0 Å². The fourth-order valence-electron chi connectivity index (χ4n) is 1.29. The molecule has 0 atom stereocenters. The second-order valence-electron chi connectivity index (χ2n) is 2.99. The van der Waals surface area contributed by atoms with Crippen LogP contribution in [0.15, 0.2) is 24.4 Å². The van der Waals surface area contributed by atoms with Gasteiger partial charge in [-0.2, -0.15) is 0 Å². The highest BCUT2D eigenvalue weighted by Crippen LogP contribution is 2.20. The average molecular weight is 317 g/mol. The summed E-state index contributed by atoms with van der Waals surface area (Å²) in [5.41, 5.74) is 0.254. The minimum Gasteiger partial charge on any atom is -0.478 e. The molecule has 0 aliphatic carbocycles. The molecule has 0 spiro atoms. The minimum absolute atomic E-state index is 0.0592. The fraction of sp³-hybridized carbons (Fsp3) is 0. The first-order valence-electron chi connectivity index (χ1n) is 4.06. The van der Waals surface area contributed by atoms with Crippen LogP contribution in [-0.2, 0) is 0 Å². The van der Waals surface area contributed by atoms with E-state index in [9.17, 15) is 9.18 Å². The van der Waals surface area contributed by atoms with E-state index in [0.29, 0.717) is 8.96 Å². The van der Waals surface area contributed by atoms with Crippen LogP contribution < -0.4 is 0 Å². The Morgan fingerprint density at radius 3 is 2.80 bits per heavy atom. The molecular weight excluding hydrogens is 312 g/mol. The number of fused-ring (bicyclic) bond motifs is 1. The monoisotopic (exact) mass is 317 g/mol. The van der Waals surface area contributed by atoms with E-state index in [1.54, 1.807) is 6.07 Å². The topological polar surface area (TPSA) is 50.2 Å². The smallest absolute Gasteiger partial charge is 0.337 e. The highest BCUT2D eigenvalue weighted by Gasteiger charge is 2.08. The second-order valence-corrected chi connectivity index (χ2v) is 4.23. The minimum atomic E-state index is -1.07.